The first-order valence-corrected chi connectivity index (χ1v) is 8.00. The van der Waals surface area contributed by atoms with E-state index in [2.05, 4.69) is 5.32 Å². The summed E-state index contributed by atoms with van der Waals surface area (Å²) < 4.78 is 19.7. The van der Waals surface area contributed by atoms with Crippen LogP contribution in [0, 0.1) is 15.9 Å². The SMILES string of the molecule is CC(=O)NCc1ccc(C2CCCN2c2cccc(F)c2[N+](=O)[O-])o1. The molecule has 1 amide bonds. The molecule has 1 aliphatic rings. The third-order valence-corrected chi connectivity index (χ3v) is 4.23. The number of nitro benzene ring substituents is 1. The van der Waals surface area contributed by atoms with Crippen LogP contribution in [0.4, 0.5) is 15.8 Å². The van der Waals surface area contributed by atoms with E-state index in [1.54, 1.807) is 18.2 Å². The molecule has 1 fully saturated rings. The number of hydrogen-bond donors (Lipinski definition) is 1. The van der Waals surface area contributed by atoms with Crippen LogP contribution >= 0.6 is 0 Å². The smallest absolute Gasteiger partial charge is 0.327 e. The van der Waals surface area contributed by atoms with E-state index in [1.807, 2.05) is 4.90 Å². The van der Waals surface area contributed by atoms with Gasteiger partial charge in [-0.3, -0.25) is 14.9 Å². The highest BCUT2D eigenvalue weighted by atomic mass is 19.1. The monoisotopic (exact) mass is 347 g/mol. The van der Waals surface area contributed by atoms with Crippen molar-refractivity contribution in [3.8, 4) is 0 Å². The summed E-state index contributed by atoms with van der Waals surface area (Å²) in [7, 11) is 0. The molecule has 3 rings (SSSR count). The number of nitrogens with zero attached hydrogens (tertiary/aromatic N) is 2. The van der Waals surface area contributed by atoms with Crippen LogP contribution < -0.4 is 10.2 Å². The van der Waals surface area contributed by atoms with Gasteiger partial charge >= 0.3 is 5.69 Å². The molecule has 1 aliphatic heterocycles. The van der Waals surface area contributed by atoms with E-state index in [0.29, 0.717) is 18.1 Å². The first kappa shape index (κ1) is 16.9. The molecule has 132 valence electrons. The number of rotatable bonds is 5. The molecule has 0 spiro atoms. The quantitative estimate of drug-likeness (QED) is 0.662. The predicted octanol–water partition coefficient (Wildman–Crippen LogP) is 3.30. The molecule has 1 atom stereocenters. The summed E-state index contributed by atoms with van der Waals surface area (Å²) in [4.78, 5) is 23.4. The molecule has 1 saturated heterocycles. The van der Waals surface area contributed by atoms with Gasteiger partial charge in [0.25, 0.3) is 0 Å². The number of anilines is 1. The van der Waals surface area contributed by atoms with Crippen molar-refractivity contribution in [3.63, 3.8) is 0 Å². The maximum Gasteiger partial charge on any atom is 0.327 e. The van der Waals surface area contributed by atoms with Crippen LogP contribution in [0.25, 0.3) is 0 Å². The number of nitro groups is 1. The summed E-state index contributed by atoms with van der Waals surface area (Å²) in [5.41, 5.74) is -0.258. The average Bonchev–Trinajstić information content (AvgIpc) is 3.21. The Morgan fingerprint density at radius 3 is 2.96 bits per heavy atom. The Bertz CT molecular complexity index is 805. The highest BCUT2D eigenvalue weighted by Gasteiger charge is 2.34. The Hall–Kier alpha value is -2.90. The number of nitrogens with one attached hydrogen (secondary N) is 1. The molecule has 0 saturated carbocycles. The standard InChI is InChI=1S/C17H18FN3O4/c1-11(22)19-10-12-7-8-16(25-12)14-6-3-9-20(14)15-5-2-4-13(18)17(15)21(23)24/h2,4-5,7-8,14H,3,6,9-10H2,1H3,(H,19,22). The molecule has 7 nitrogen and oxygen atoms in total. The highest BCUT2D eigenvalue weighted by Crippen LogP contribution is 2.41. The minimum Gasteiger partial charge on any atom is -0.462 e. The van der Waals surface area contributed by atoms with Gasteiger partial charge in [0.2, 0.25) is 11.7 Å². The van der Waals surface area contributed by atoms with Gasteiger partial charge in [-0.05, 0) is 37.1 Å². The van der Waals surface area contributed by atoms with Crippen molar-refractivity contribution in [3.05, 3.63) is 57.8 Å². The average molecular weight is 347 g/mol. The van der Waals surface area contributed by atoms with Crippen molar-refractivity contribution in [2.75, 3.05) is 11.4 Å². The molecule has 0 radical (unpaired) electrons. The van der Waals surface area contributed by atoms with E-state index in [4.69, 9.17) is 4.42 Å². The van der Waals surface area contributed by atoms with Gasteiger partial charge in [-0.25, -0.2) is 0 Å². The van der Waals surface area contributed by atoms with Gasteiger partial charge in [0.05, 0.1) is 17.5 Å². The molecule has 2 aromatic rings. The highest BCUT2D eigenvalue weighted by molar-refractivity contribution is 5.72. The van der Waals surface area contributed by atoms with E-state index >= 15 is 0 Å². The van der Waals surface area contributed by atoms with Crippen molar-refractivity contribution in [2.24, 2.45) is 0 Å². The second-order valence-electron chi connectivity index (χ2n) is 5.93. The van der Waals surface area contributed by atoms with Crippen LogP contribution in [0.5, 0.6) is 0 Å². The lowest BCUT2D eigenvalue weighted by Crippen LogP contribution is -2.23. The van der Waals surface area contributed by atoms with E-state index in [-0.39, 0.29) is 24.2 Å². The summed E-state index contributed by atoms with van der Waals surface area (Å²) in [6, 6.07) is 7.47. The van der Waals surface area contributed by atoms with Gasteiger partial charge in [0.15, 0.2) is 0 Å². The fraction of sp³-hybridized carbons (Fsp3) is 0.353. The van der Waals surface area contributed by atoms with Crippen LogP contribution in [0.15, 0.2) is 34.7 Å². The number of halogens is 1. The number of hydrogen-bond acceptors (Lipinski definition) is 5. The van der Waals surface area contributed by atoms with Crippen molar-refractivity contribution >= 4 is 17.3 Å². The third kappa shape index (κ3) is 3.47. The van der Waals surface area contributed by atoms with E-state index in [9.17, 15) is 19.3 Å². The molecule has 1 N–H and O–H groups in total. The fourth-order valence-electron chi connectivity index (χ4n) is 3.15. The molecule has 1 aromatic carbocycles. The number of furan rings is 1. The number of carbonyl (C=O) groups is 1. The minimum absolute atomic E-state index is 0.157. The third-order valence-electron chi connectivity index (χ3n) is 4.23. The molecule has 25 heavy (non-hydrogen) atoms. The van der Waals surface area contributed by atoms with Gasteiger partial charge in [-0.1, -0.05) is 6.07 Å². The second kappa shape index (κ2) is 6.92. The van der Waals surface area contributed by atoms with Crippen LogP contribution in [0.2, 0.25) is 0 Å². The van der Waals surface area contributed by atoms with Crippen molar-refractivity contribution < 1.29 is 18.5 Å². The lowest BCUT2D eigenvalue weighted by molar-refractivity contribution is -0.386. The van der Waals surface area contributed by atoms with Gasteiger partial charge in [0.1, 0.15) is 17.2 Å². The van der Waals surface area contributed by atoms with Crippen LogP contribution in [0.1, 0.15) is 37.3 Å². The van der Waals surface area contributed by atoms with Gasteiger partial charge in [-0.2, -0.15) is 4.39 Å². The van der Waals surface area contributed by atoms with E-state index in [0.717, 1.165) is 18.9 Å². The summed E-state index contributed by atoms with van der Waals surface area (Å²) in [5.74, 6) is 0.247. The Morgan fingerprint density at radius 2 is 2.24 bits per heavy atom. The number of carbonyl (C=O) groups excluding carboxylic acids is 1. The second-order valence-corrected chi connectivity index (χ2v) is 5.93. The molecular weight excluding hydrogens is 329 g/mol. The zero-order chi connectivity index (χ0) is 18.0. The number of benzene rings is 1. The zero-order valence-corrected chi connectivity index (χ0v) is 13.7. The summed E-state index contributed by atoms with van der Waals surface area (Å²) >= 11 is 0. The Balaban J connectivity index is 1.88. The maximum atomic E-state index is 13.9. The zero-order valence-electron chi connectivity index (χ0n) is 13.7. The van der Waals surface area contributed by atoms with E-state index in [1.165, 1.54) is 13.0 Å². The van der Waals surface area contributed by atoms with Crippen molar-refractivity contribution in [1.82, 2.24) is 5.32 Å². The predicted molar refractivity (Wildman–Crippen MR) is 88.6 cm³/mol. The molecule has 0 bridgehead atoms. The van der Waals surface area contributed by atoms with Crippen molar-refractivity contribution in [1.29, 1.82) is 0 Å². The first-order chi connectivity index (χ1) is 12.0. The van der Waals surface area contributed by atoms with Crippen molar-refractivity contribution in [2.45, 2.75) is 32.4 Å². The van der Waals surface area contributed by atoms with Gasteiger partial charge in [-0.15, -0.1) is 0 Å². The normalized spacial score (nSPS) is 16.9. The maximum absolute atomic E-state index is 13.9. The molecule has 1 unspecified atom stereocenters. The first-order valence-electron chi connectivity index (χ1n) is 8.00. The largest absolute Gasteiger partial charge is 0.462 e. The topological polar surface area (TPSA) is 88.6 Å². The fourth-order valence-corrected chi connectivity index (χ4v) is 3.15. The molecule has 0 aliphatic carbocycles. The lowest BCUT2D eigenvalue weighted by Gasteiger charge is -2.25. The number of para-hydroxylation sites is 1. The van der Waals surface area contributed by atoms with Gasteiger partial charge < -0.3 is 14.6 Å². The Labute approximate surface area is 143 Å². The molecular formula is C17H18FN3O4. The summed E-state index contributed by atoms with van der Waals surface area (Å²) in [6.45, 7) is 2.28. The Morgan fingerprint density at radius 1 is 1.44 bits per heavy atom. The molecule has 1 aromatic heterocycles. The molecule has 8 heteroatoms. The lowest BCUT2D eigenvalue weighted by atomic mass is 10.1. The van der Waals surface area contributed by atoms with Gasteiger partial charge in [0, 0.05) is 13.5 Å². The van der Waals surface area contributed by atoms with Crippen LogP contribution in [-0.2, 0) is 11.3 Å². The summed E-state index contributed by atoms with van der Waals surface area (Å²) in [6.07, 6.45) is 1.57. The van der Waals surface area contributed by atoms with Crippen LogP contribution in [-0.4, -0.2) is 17.4 Å². The Kier molecular flexibility index (Phi) is 4.69. The number of amides is 1. The molecule has 2 heterocycles. The summed E-state index contributed by atoms with van der Waals surface area (Å²) in [5, 5.41) is 13.9. The van der Waals surface area contributed by atoms with Crippen LogP contribution in [0.3, 0.4) is 0 Å². The van der Waals surface area contributed by atoms with E-state index < -0.39 is 16.4 Å². The minimum atomic E-state index is -0.848.